The predicted molar refractivity (Wildman–Crippen MR) is 94.3 cm³/mol. The van der Waals surface area contributed by atoms with E-state index in [1.165, 1.54) is 0 Å². The number of nitrogens with zero attached hydrogens (tertiary/aromatic N) is 3. The Morgan fingerprint density at radius 2 is 1.88 bits per heavy atom. The molecule has 5 nitrogen and oxygen atoms in total. The third kappa shape index (κ3) is 3.06. The fourth-order valence-electron chi connectivity index (χ4n) is 2.69. The van der Waals surface area contributed by atoms with Gasteiger partial charge in [-0.15, -0.1) is 0 Å². The molecule has 24 heavy (non-hydrogen) atoms. The van der Waals surface area contributed by atoms with Crippen LogP contribution in [0.3, 0.4) is 0 Å². The molecule has 1 amide bonds. The average Bonchev–Trinajstić information content (AvgIpc) is 2.91. The topological polar surface area (TPSA) is 59.8 Å². The third-order valence-electron chi connectivity index (χ3n) is 4.17. The Labute approximate surface area is 141 Å². The molecule has 0 aliphatic heterocycles. The van der Waals surface area contributed by atoms with Crippen molar-refractivity contribution in [2.75, 3.05) is 5.32 Å². The van der Waals surface area contributed by atoms with Crippen LogP contribution in [0.5, 0.6) is 0 Å². The maximum Gasteiger partial charge on any atom is 0.331 e. The first-order valence-corrected chi connectivity index (χ1v) is 7.90. The summed E-state index contributed by atoms with van der Waals surface area (Å²) in [4.78, 5) is 21.4. The van der Waals surface area contributed by atoms with E-state index < -0.39 is 0 Å². The Balaban J connectivity index is 1.97. The molecule has 1 atom stereocenters. The van der Waals surface area contributed by atoms with Gasteiger partial charge in [0.15, 0.2) is 0 Å². The van der Waals surface area contributed by atoms with Crippen molar-refractivity contribution in [1.82, 2.24) is 14.5 Å². The number of hydrogen-bond acceptors (Lipinski definition) is 3. The summed E-state index contributed by atoms with van der Waals surface area (Å²) in [7, 11) is 0. The SMILES string of the molecule is Cc1nc(C(C)c2ccccc2)n(C(=O)Nc2cccnc2)c1C. The predicted octanol–water partition coefficient (Wildman–Crippen LogP) is 4.13. The zero-order chi connectivity index (χ0) is 17.1. The molecular weight excluding hydrogens is 300 g/mol. The molecular formula is C19H20N4O. The van der Waals surface area contributed by atoms with E-state index >= 15 is 0 Å². The van der Waals surface area contributed by atoms with Gasteiger partial charge in [-0.3, -0.25) is 9.55 Å². The molecule has 1 N–H and O–H groups in total. The molecule has 2 aromatic heterocycles. The van der Waals surface area contributed by atoms with Crippen molar-refractivity contribution >= 4 is 11.7 Å². The smallest absolute Gasteiger partial charge is 0.306 e. The first-order chi connectivity index (χ1) is 11.6. The number of anilines is 1. The molecule has 0 radical (unpaired) electrons. The van der Waals surface area contributed by atoms with Gasteiger partial charge < -0.3 is 5.32 Å². The number of carbonyl (C=O) groups is 1. The van der Waals surface area contributed by atoms with Gasteiger partial charge in [0.25, 0.3) is 0 Å². The Bertz CT molecular complexity index is 841. The van der Waals surface area contributed by atoms with Crippen molar-refractivity contribution in [3.8, 4) is 0 Å². The van der Waals surface area contributed by atoms with E-state index in [0.717, 1.165) is 22.8 Å². The molecule has 5 heteroatoms. The minimum absolute atomic E-state index is 0.0123. The number of nitrogens with one attached hydrogen (secondary N) is 1. The Kier molecular flexibility index (Phi) is 4.42. The molecule has 0 saturated carbocycles. The summed E-state index contributed by atoms with van der Waals surface area (Å²) >= 11 is 0. The molecule has 0 spiro atoms. The number of imidazole rings is 1. The van der Waals surface area contributed by atoms with Crippen molar-refractivity contribution in [3.05, 3.63) is 77.6 Å². The summed E-state index contributed by atoms with van der Waals surface area (Å²) in [6, 6.07) is 13.4. The van der Waals surface area contributed by atoms with Crippen molar-refractivity contribution in [2.45, 2.75) is 26.7 Å². The largest absolute Gasteiger partial charge is 0.331 e. The van der Waals surface area contributed by atoms with Crippen LogP contribution in [0.4, 0.5) is 10.5 Å². The lowest BCUT2D eigenvalue weighted by Crippen LogP contribution is -2.24. The van der Waals surface area contributed by atoms with Crippen LogP contribution in [-0.2, 0) is 0 Å². The van der Waals surface area contributed by atoms with Crippen molar-refractivity contribution in [2.24, 2.45) is 0 Å². The summed E-state index contributed by atoms with van der Waals surface area (Å²) < 4.78 is 1.65. The zero-order valence-corrected chi connectivity index (χ0v) is 14.0. The van der Waals surface area contributed by atoms with Crippen molar-refractivity contribution < 1.29 is 4.79 Å². The number of pyridine rings is 1. The van der Waals surface area contributed by atoms with Gasteiger partial charge in [0.1, 0.15) is 5.82 Å². The average molecular weight is 320 g/mol. The number of benzene rings is 1. The second-order valence-corrected chi connectivity index (χ2v) is 5.78. The second-order valence-electron chi connectivity index (χ2n) is 5.78. The van der Waals surface area contributed by atoms with Gasteiger partial charge in [0.05, 0.1) is 17.6 Å². The fourth-order valence-corrected chi connectivity index (χ4v) is 2.69. The van der Waals surface area contributed by atoms with E-state index in [1.54, 1.807) is 23.0 Å². The highest BCUT2D eigenvalue weighted by atomic mass is 16.2. The molecule has 0 aliphatic rings. The highest BCUT2D eigenvalue weighted by molar-refractivity contribution is 5.92. The van der Waals surface area contributed by atoms with Gasteiger partial charge in [0, 0.05) is 17.8 Å². The van der Waals surface area contributed by atoms with Crippen LogP contribution in [0.25, 0.3) is 0 Å². The van der Waals surface area contributed by atoms with Gasteiger partial charge in [-0.25, -0.2) is 9.78 Å². The van der Waals surface area contributed by atoms with Crippen LogP contribution in [0.15, 0.2) is 54.9 Å². The number of carbonyl (C=O) groups excluding carboxylic acids is 1. The summed E-state index contributed by atoms with van der Waals surface area (Å²) in [5.41, 5.74) is 3.48. The van der Waals surface area contributed by atoms with Crippen LogP contribution in [0.2, 0.25) is 0 Å². The monoisotopic (exact) mass is 320 g/mol. The fraction of sp³-hybridized carbons (Fsp3) is 0.211. The van der Waals surface area contributed by atoms with E-state index in [9.17, 15) is 4.79 Å². The number of hydrogen-bond donors (Lipinski definition) is 1. The van der Waals surface area contributed by atoms with Crippen LogP contribution >= 0.6 is 0 Å². The third-order valence-corrected chi connectivity index (χ3v) is 4.17. The Morgan fingerprint density at radius 1 is 1.12 bits per heavy atom. The minimum atomic E-state index is -0.223. The van der Waals surface area contributed by atoms with Gasteiger partial charge in [-0.2, -0.15) is 0 Å². The Hall–Kier alpha value is -2.95. The van der Waals surface area contributed by atoms with Crippen LogP contribution < -0.4 is 5.32 Å². The zero-order valence-electron chi connectivity index (χ0n) is 14.0. The van der Waals surface area contributed by atoms with Crippen LogP contribution in [-0.4, -0.2) is 20.6 Å². The van der Waals surface area contributed by atoms with Gasteiger partial charge in [0.2, 0.25) is 0 Å². The van der Waals surface area contributed by atoms with E-state index in [1.807, 2.05) is 50.2 Å². The molecule has 3 rings (SSSR count). The lowest BCUT2D eigenvalue weighted by atomic mass is 10.0. The molecule has 0 bridgehead atoms. The van der Waals surface area contributed by atoms with E-state index in [0.29, 0.717) is 5.69 Å². The summed E-state index contributed by atoms with van der Waals surface area (Å²) in [6.07, 6.45) is 3.29. The normalized spacial score (nSPS) is 12.0. The van der Waals surface area contributed by atoms with Crippen molar-refractivity contribution in [3.63, 3.8) is 0 Å². The molecule has 1 unspecified atom stereocenters. The highest BCUT2D eigenvalue weighted by Gasteiger charge is 2.22. The first kappa shape index (κ1) is 15.9. The molecule has 0 aliphatic carbocycles. The summed E-state index contributed by atoms with van der Waals surface area (Å²) in [6.45, 7) is 5.89. The summed E-state index contributed by atoms with van der Waals surface area (Å²) in [5.74, 6) is 0.746. The van der Waals surface area contributed by atoms with Crippen molar-refractivity contribution in [1.29, 1.82) is 0 Å². The quantitative estimate of drug-likeness (QED) is 0.789. The maximum atomic E-state index is 12.8. The van der Waals surface area contributed by atoms with Crippen LogP contribution in [0, 0.1) is 13.8 Å². The van der Waals surface area contributed by atoms with Gasteiger partial charge in [-0.1, -0.05) is 37.3 Å². The number of aromatic nitrogens is 3. The molecule has 122 valence electrons. The number of aryl methyl sites for hydroxylation is 1. The van der Waals surface area contributed by atoms with E-state index in [2.05, 4.69) is 22.2 Å². The summed E-state index contributed by atoms with van der Waals surface area (Å²) in [5, 5.41) is 2.88. The van der Waals surface area contributed by atoms with Gasteiger partial charge >= 0.3 is 6.03 Å². The number of amides is 1. The Morgan fingerprint density at radius 3 is 2.54 bits per heavy atom. The molecule has 3 aromatic rings. The lowest BCUT2D eigenvalue weighted by molar-refractivity contribution is 0.252. The number of rotatable bonds is 3. The van der Waals surface area contributed by atoms with Gasteiger partial charge in [-0.05, 0) is 31.5 Å². The first-order valence-electron chi connectivity index (χ1n) is 7.90. The van der Waals surface area contributed by atoms with Crippen LogP contribution in [0.1, 0.15) is 35.6 Å². The molecule has 2 heterocycles. The second kappa shape index (κ2) is 6.66. The standard InChI is InChI=1S/C19H20N4O/c1-13(16-8-5-4-6-9-16)18-21-14(2)15(3)23(18)19(24)22-17-10-7-11-20-12-17/h4-13H,1-3H3,(H,22,24). The van der Waals surface area contributed by atoms with E-state index in [-0.39, 0.29) is 11.9 Å². The molecule has 0 saturated heterocycles. The highest BCUT2D eigenvalue weighted by Crippen LogP contribution is 2.25. The molecule has 1 aromatic carbocycles. The minimum Gasteiger partial charge on any atom is -0.306 e. The lowest BCUT2D eigenvalue weighted by Gasteiger charge is -2.15. The molecule has 0 fully saturated rings. The maximum absolute atomic E-state index is 12.8. The van der Waals surface area contributed by atoms with E-state index in [4.69, 9.17) is 0 Å².